The van der Waals surface area contributed by atoms with Gasteiger partial charge >= 0.3 is 0 Å². The van der Waals surface area contributed by atoms with E-state index in [0.717, 1.165) is 24.5 Å². The SMILES string of the molecule is CC1CCC(=NNc2cn[nH]c(=O)c2Cl)CC1. The topological polar surface area (TPSA) is 70.1 Å². The third kappa shape index (κ3) is 3.06. The molecule has 0 aliphatic heterocycles. The zero-order valence-corrected chi connectivity index (χ0v) is 10.4. The first-order valence-corrected chi connectivity index (χ1v) is 6.09. The van der Waals surface area contributed by atoms with E-state index in [1.54, 1.807) is 0 Å². The predicted octanol–water partition coefficient (Wildman–Crippen LogP) is 2.40. The lowest BCUT2D eigenvalue weighted by Gasteiger charge is -2.18. The number of hydrogen-bond donors (Lipinski definition) is 2. The Morgan fingerprint density at radius 3 is 2.94 bits per heavy atom. The third-order valence-corrected chi connectivity index (χ3v) is 3.36. The van der Waals surface area contributed by atoms with Crippen LogP contribution < -0.4 is 11.0 Å². The van der Waals surface area contributed by atoms with Crippen molar-refractivity contribution in [2.75, 3.05) is 5.43 Å². The maximum absolute atomic E-state index is 11.2. The Bertz CT molecular complexity index is 473. The quantitative estimate of drug-likeness (QED) is 0.796. The molecule has 17 heavy (non-hydrogen) atoms. The van der Waals surface area contributed by atoms with Gasteiger partial charge in [0.15, 0.2) is 0 Å². The number of aromatic nitrogens is 2. The van der Waals surface area contributed by atoms with Crippen LogP contribution in [0.2, 0.25) is 5.02 Å². The van der Waals surface area contributed by atoms with Crippen molar-refractivity contribution in [1.82, 2.24) is 10.2 Å². The monoisotopic (exact) mass is 254 g/mol. The first-order chi connectivity index (χ1) is 8.16. The van der Waals surface area contributed by atoms with E-state index in [0.29, 0.717) is 5.69 Å². The second-order valence-electron chi connectivity index (χ2n) is 4.40. The van der Waals surface area contributed by atoms with Crippen molar-refractivity contribution in [2.45, 2.75) is 32.6 Å². The zero-order chi connectivity index (χ0) is 12.3. The smallest absolute Gasteiger partial charge is 0.275 e. The molecule has 0 spiro atoms. The normalized spacial score (nSPS) is 20.1. The molecule has 1 fully saturated rings. The highest BCUT2D eigenvalue weighted by molar-refractivity contribution is 6.32. The molecule has 1 aliphatic rings. The number of aromatic amines is 1. The number of H-pyrrole nitrogens is 1. The fourth-order valence-electron chi connectivity index (χ4n) is 1.81. The first-order valence-electron chi connectivity index (χ1n) is 5.71. The van der Waals surface area contributed by atoms with Crippen molar-refractivity contribution in [3.05, 3.63) is 21.6 Å². The maximum atomic E-state index is 11.2. The van der Waals surface area contributed by atoms with E-state index in [9.17, 15) is 4.79 Å². The van der Waals surface area contributed by atoms with E-state index in [-0.39, 0.29) is 5.02 Å². The Labute approximate surface area is 104 Å². The van der Waals surface area contributed by atoms with Crippen molar-refractivity contribution >= 4 is 23.0 Å². The molecular weight excluding hydrogens is 240 g/mol. The Morgan fingerprint density at radius 2 is 2.24 bits per heavy atom. The summed E-state index contributed by atoms with van der Waals surface area (Å²) in [4.78, 5) is 11.2. The molecule has 92 valence electrons. The van der Waals surface area contributed by atoms with E-state index in [2.05, 4.69) is 27.6 Å². The fraction of sp³-hybridized carbons (Fsp3) is 0.545. The lowest BCUT2D eigenvalue weighted by Crippen LogP contribution is -2.14. The van der Waals surface area contributed by atoms with Gasteiger partial charge in [0, 0.05) is 5.71 Å². The molecule has 1 aliphatic carbocycles. The van der Waals surface area contributed by atoms with Crippen molar-refractivity contribution in [1.29, 1.82) is 0 Å². The molecule has 0 atom stereocenters. The Hall–Kier alpha value is -1.36. The van der Waals surface area contributed by atoms with E-state index in [1.165, 1.54) is 19.0 Å². The minimum Gasteiger partial charge on any atom is -0.275 e. The van der Waals surface area contributed by atoms with Gasteiger partial charge in [0.1, 0.15) is 10.7 Å². The van der Waals surface area contributed by atoms with Crippen LogP contribution in [0.4, 0.5) is 5.69 Å². The van der Waals surface area contributed by atoms with Gasteiger partial charge in [0.2, 0.25) is 0 Å². The standard InChI is InChI=1S/C11H15ClN4O/c1-7-2-4-8(5-3-7)14-15-9-6-13-16-11(17)10(9)12/h6-7H,2-5H2,1H3,(H2,15,16,17). The van der Waals surface area contributed by atoms with E-state index < -0.39 is 5.56 Å². The minimum absolute atomic E-state index is 0.0912. The van der Waals surface area contributed by atoms with Gasteiger partial charge in [0.05, 0.1) is 6.20 Å². The van der Waals surface area contributed by atoms with E-state index in [1.807, 2.05) is 0 Å². The second kappa shape index (κ2) is 5.31. The van der Waals surface area contributed by atoms with Crippen LogP contribution in [0.3, 0.4) is 0 Å². The molecule has 6 heteroatoms. The van der Waals surface area contributed by atoms with Crippen LogP contribution in [0.5, 0.6) is 0 Å². The second-order valence-corrected chi connectivity index (χ2v) is 4.78. The Balaban J connectivity index is 2.04. The van der Waals surface area contributed by atoms with Crippen LogP contribution in [0.25, 0.3) is 0 Å². The van der Waals surface area contributed by atoms with Gasteiger partial charge in [0.25, 0.3) is 5.56 Å². The molecule has 0 bridgehead atoms. The third-order valence-electron chi connectivity index (χ3n) is 2.98. The van der Waals surface area contributed by atoms with Crippen molar-refractivity contribution in [2.24, 2.45) is 11.0 Å². The molecule has 0 unspecified atom stereocenters. The van der Waals surface area contributed by atoms with E-state index >= 15 is 0 Å². The number of anilines is 1. The summed E-state index contributed by atoms with van der Waals surface area (Å²) < 4.78 is 0. The summed E-state index contributed by atoms with van der Waals surface area (Å²) in [6.07, 6.45) is 5.80. The summed E-state index contributed by atoms with van der Waals surface area (Å²) in [5.74, 6) is 0.777. The number of nitrogens with one attached hydrogen (secondary N) is 2. The fourth-order valence-corrected chi connectivity index (χ4v) is 1.94. The molecule has 1 aromatic heterocycles. The van der Waals surface area contributed by atoms with Crippen LogP contribution >= 0.6 is 11.6 Å². The van der Waals surface area contributed by atoms with Crippen molar-refractivity contribution < 1.29 is 0 Å². The van der Waals surface area contributed by atoms with Crippen molar-refractivity contribution in [3.8, 4) is 0 Å². The summed E-state index contributed by atoms with van der Waals surface area (Å²) in [6, 6.07) is 0. The summed E-state index contributed by atoms with van der Waals surface area (Å²) >= 11 is 5.82. The van der Waals surface area contributed by atoms with Gasteiger partial charge in [-0.3, -0.25) is 10.2 Å². The molecule has 0 amide bonds. The summed E-state index contributed by atoms with van der Waals surface area (Å²) in [7, 11) is 0. The largest absolute Gasteiger partial charge is 0.285 e. The van der Waals surface area contributed by atoms with Gasteiger partial charge in [-0.05, 0) is 31.6 Å². The van der Waals surface area contributed by atoms with Gasteiger partial charge < -0.3 is 0 Å². The molecule has 5 nitrogen and oxygen atoms in total. The predicted molar refractivity (Wildman–Crippen MR) is 68.6 cm³/mol. The van der Waals surface area contributed by atoms with Crippen LogP contribution in [0.1, 0.15) is 32.6 Å². The molecule has 2 N–H and O–H groups in total. The highest BCUT2D eigenvalue weighted by Gasteiger charge is 2.13. The van der Waals surface area contributed by atoms with Crippen LogP contribution in [0, 0.1) is 5.92 Å². The molecule has 0 saturated heterocycles. The number of hydrogen-bond acceptors (Lipinski definition) is 4. The first kappa shape index (κ1) is 12.1. The van der Waals surface area contributed by atoms with Gasteiger partial charge in [-0.1, -0.05) is 18.5 Å². The van der Waals surface area contributed by atoms with Gasteiger partial charge in [-0.15, -0.1) is 0 Å². The van der Waals surface area contributed by atoms with Gasteiger partial charge in [-0.25, -0.2) is 5.10 Å². The lowest BCUT2D eigenvalue weighted by atomic mass is 9.90. The summed E-state index contributed by atoms with van der Waals surface area (Å²) in [6.45, 7) is 2.25. The molecule has 1 saturated carbocycles. The number of rotatable bonds is 2. The Kier molecular flexibility index (Phi) is 3.78. The lowest BCUT2D eigenvalue weighted by molar-refractivity contribution is 0.483. The maximum Gasteiger partial charge on any atom is 0.285 e. The highest BCUT2D eigenvalue weighted by atomic mass is 35.5. The van der Waals surface area contributed by atoms with Crippen molar-refractivity contribution in [3.63, 3.8) is 0 Å². The van der Waals surface area contributed by atoms with E-state index in [4.69, 9.17) is 11.6 Å². The number of hydrazone groups is 1. The summed E-state index contributed by atoms with van der Waals surface area (Å²) in [5, 5.41) is 10.3. The molecular formula is C11H15ClN4O. The highest BCUT2D eigenvalue weighted by Crippen LogP contribution is 2.22. The zero-order valence-electron chi connectivity index (χ0n) is 9.66. The average Bonchev–Trinajstić information content (AvgIpc) is 2.33. The van der Waals surface area contributed by atoms with Gasteiger partial charge in [-0.2, -0.15) is 10.2 Å². The average molecular weight is 255 g/mol. The minimum atomic E-state index is -0.408. The Morgan fingerprint density at radius 1 is 1.53 bits per heavy atom. The molecule has 2 rings (SSSR count). The van der Waals surface area contributed by atoms with Crippen LogP contribution in [-0.4, -0.2) is 15.9 Å². The molecule has 0 aromatic carbocycles. The number of halogens is 1. The molecule has 1 aromatic rings. The molecule has 1 heterocycles. The van der Waals surface area contributed by atoms with Crippen LogP contribution in [-0.2, 0) is 0 Å². The summed E-state index contributed by atoms with van der Waals surface area (Å²) in [5.41, 5.74) is 3.97. The van der Waals surface area contributed by atoms with Crippen LogP contribution in [0.15, 0.2) is 16.1 Å². The molecule has 0 radical (unpaired) electrons. The number of nitrogens with zero attached hydrogens (tertiary/aromatic N) is 2.